The summed E-state index contributed by atoms with van der Waals surface area (Å²) < 4.78 is 23.9. The number of phenols is 3. The highest BCUT2D eigenvalue weighted by Crippen LogP contribution is 2.54. The summed E-state index contributed by atoms with van der Waals surface area (Å²) in [5, 5.41) is 43.5. The van der Waals surface area contributed by atoms with E-state index in [-0.39, 0.29) is 48.5 Å². The van der Waals surface area contributed by atoms with Gasteiger partial charge in [0.05, 0.1) is 20.6 Å². The number of hydrogen-bond donors (Lipinski definition) is 4. The van der Waals surface area contributed by atoms with Crippen LogP contribution < -0.4 is 9.47 Å². The van der Waals surface area contributed by atoms with E-state index in [0.29, 0.717) is 43.6 Å². The molecule has 0 amide bonds. The molecule has 5 unspecified atom stereocenters. The monoisotopic (exact) mass is 876 g/mol. The van der Waals surface area contributed by atoms with Crippen molar-refractivity contribution in [3.63, 3.8) is 0 Å². The SMILES string of the molecule is COc1cc(C2CC(OC(=O)Cc3ccc4cc(O)cc(-c5cccc(CCCO)c5)c4c3)CC(OC(C)=O)C3Cc4cc(OC)c(O)cc4CC3(C=Cc3ccccc3)C2)ccc1O. The molecule has 0 bridgehead atoms. The van der Waals surface area contributed by atoms with E-state index >= 15 is 0 Å². The van der Waals surface area contributed by atoms with Crippen molar-refractivity contribution < 1.29 is 49.0 Å². The van der Waals surface area contributed by atoms with Gasteiger partial charge in [-0.25, -0.2) is 0 Å². The predicted octanol–water partition coefficient (Wildman–Crippen LogP) is 10.0. The van der Waals surface area contributed by atoms with Gasteiger partial charge in [0.1, 0.15) is 18.0 Å². The lowest BCUT2D eigenvalue weighted by molar-refractivity contribution is -0.161. The van der Waals surface area contributed by atoms with Crippen molar-refractivity contribution in [1.82, 2.24) is 0 Å². The highest BCUT2D eigenvalue weighted by Gasteiger charge is 2.50. The Kier molecular flexibility index (Phi) is 13.5. The van der Waals surface area contributed by atoms with Gasteiger partial charge >= 0.3 is 11.9 Å². The summed E-state index contributed by atoms with van der Waals surface area (Å²) in [6.07, 6.45) is 6.56. The number of benzene rings is 6. The molecule has 0 heterocycles. The van der Waals surface area contributed by atoms with Crippen LogP contribution in [0.1, 0.15) is 71.9 Å². The van der Waals surface area contributed by atoms with E-state index in [2.05, 4.69) is 18.2 Å². The number of aliphatic hydroxyl groups is 1. The number of carbonyl (C=O) groups is 2. The zero-order valence-corrected chi connectivity index (χ0v) is 37.0. The molecule has 336 valence electrons. The summed E-state index contributed by atoms with van der Waals surface area (Å²) in [5.41, 5.74) is 6.77. The Balaban J connectivity index is 1.17. The van der Waals surface area contributed by atoms with Crippen molar-refractivity contribution in [3.05, 3.63) is 155 Å². The average Bonchev–Trinajstić information content (AvgIpc) is 3.29. The van der Waals surface area contributed by atoms with E-state index < -0.39 is 29.6 Å². The van der Waals surface area contributed by atoms with Crippen molar-refractivity contribution in [2.45, 2.75) is 76.4 Å². The maximum atomic E-state index is 14.3. The molecule has 6 aromatic carbocycles. The number of aromatic hydroxyl groups is 3. The van der Waals surface area contributed by atoms with Crippen molar-refractivity contribution in [1.29, 1.82) is 0 Å². The number of aryl methyl sites for hydroxylation is 1. The number of carbonyl (C=O) groups excluding carboxylic acids is 2. The van der Waals surface area contributed by atoms with Crippen LogP contribution in [-0.4, -0.2) is 65.4 Å². The quantitative estimate of drug-likeness (QED) is 0.0826. The van der Waals surface area contributed by atoms with Crippen LogP contribution >= 0.6 is 0 Å². The molecular weight excluding hydrogens is 821 g/mol. The standard InChI is InChI=1S/C55H56O10/c1-34(57)64-51-31-45(65-54(61)23-37-14-15-40-24-44(58)30-47(46(40)22-37)39-13-7-11-36(21-39)12-8-20-56)25-42(38-16-17-49(59)52(28-38)62-2)32-55(19-18-35-9-5-4-6-10-35)33-43-27-50(60)53(63-3)29-41(43)26-48(51)55/h4-7,9-11,13-19,21-22,24,27-30,42,45,48,51,56,58-60H,8,12,20,23,25-26,31-33H2,1-3H3. The molecule has 0 aliphatic heterocycles. The minimum absolute atomic E-state index is 0.00994. The molecule has 1 fully saturated rings. The third-order valence-corrected chi connectivity index (χ3v) is 13.2. The fraction of sp³-hybridized carbons (Fsp3) is 0.309. The highest BCUT2D eigenvalue weighted by atomic mass is 16.6. The first-order valence-corrected chi connectivity index (χ1v) is 22.3. The van der Waals surface area contributed by atoms with Gasteiger partial charge in [0.15, 0.2) is 23.0 Å². The third-order valence-electron chi connectivity index (χ3n) is 13.2. The largest absolute Gasteiger partial charge is 0.508 e. The van der Waals surface area contributed by atoms with Crippen LogP contribution in [0.2, 0.25) is 0 Å². The Morgan fingerprint density at radius 2 is 1.57 bits per heavy atom. The molecule has 5 atom stereocenters. The lowest BCUT2D eigenvalue weighted by Crippen LogP contribution is -2.49. The molecule has 1 saturated carbocycles. The molecule has 10 heteroatoms. The number of methoxy groups -OCH3 is 2. The number of fused-ring (bicyclic) bond motifs is 3. The molecule has 0 aromatic heterocycles. The van der Waals surface area contributed by atoms with Crippen molar-refractivity contribution in [3.8, 4) is 39.9 Å². The summed E-state index contributed by atoms with van der Waals surface area (Å²) in [5.74, 6) is -0.507. The molecule has 2 aliphatic carbocycles. The maximum absolute atomic E-state index is 14.3. The second-order valence-electron chi connectivity index (χ2n) is 17.6. The summed E-state index contributed by atoms with van der Waals surface area (Å²) in [6, 6.07) is 36.2. The van der Waals surface area contributed by atoms with Crippen LogP contribution in [0.15, 0.2) is 121 Å². The number of aliphatic hydroxyl groups excluding tert-OH is 1. The van der Waals surface area contributed by atoms with Crippen LogP contribution in [0, 0.1) is 11.3 Å². The smallest absolute Gasteiger partial charge is 0.310 e. The van der Waals surface area contributed by atoms with Gasteiger partial charge in [0, 0.05) is 25.9 Å². The van der Waals surface area contributed by atoms with Crippen LogP contribution in [0.5, 0.6) is 28.7 Å². The van der Waals surface area contributed by atoms with Crippen LogP contribution in [0.4, 0.5) is 0 Å². The van der Waals surface area contributed by atoms with Gasteiger partial charge in [-0.2, -0.15) is 0 Å². The molecule has 65 heavy (non-hydrogen) atoms. The van der Waals surface area contributed by atoms with E-state index in [1.807, 2.05) is 84.9 Å². The van der Waals surface area contributed by atoms with Gasteiger partial charge in [0.2, 0.25) is 0 Å². The molecule has 0 radical (unpaired) electrons. The number of esters is 2. The van der Waals surface area contributed by atoms with Crippen LogP contribution in [-0.2, 0) is 44.7 Å². The first-order valence-electron chi connectivity index (χ1n) is 22.3. The minimum atomic E-state index is -0.668. The number of rotatable bonds is 13. The number of phenolic OH excluding ortho intramolecular Hbond substituents is 3. The van der Waals surface area contributed by atoms with Crippen molar-refractivity contribution >= 4 is 28.8 Å². The zero-order chi connectivity index (χ0) is 45.7. The fourth-order valence-corrected chi connectivity index (χ4v) is 10.2. The molecule has 8 rings (SSSR count). The number of ether oxygens (including phenoxy) is 4. The molecular formula is C55H56O10. The van der Waals surface area contributed by atoms with Crippen LogP contribution in [0.25, 0.3) is 28.0 Å². The molecule has 0 spiro atoms. The van der Waals surface area contributed by atoms with Crippen molar-refractivity contribution in [2.75, 3.05) is 20.8 Å². The molecule has 0 saturated heterocycles. The molecule has 6 aromatic rings. The predicted molar refractivity (Wildman–Crippen MR) is 250 cm³/mol. The van der Waals surface area contributed by atoms with E-state index in [4.69, 9.17) is 18.9 Å². The Morgan fingerprint density at radius 1 is 0.769 bits per heavy atom. The van der Waals surface area contributed by atoms with Gasteiger partial charge in [-0.3, -0.25) is 9.59 Å². The lowest BCUT2D eigenvalue weighted by atomic mass is 9.56. The van der Waals surface area contributed by atoms with E-state index in [0.717, 1.165) is 61.7 Å². The summed E-state index contributed by atoms with van der Waals surface area (Å²) in [6.45, 7) is 1.50. The average molecular weight is 877 g/mol. The number of allylic oxidation sites excluding steroid dienone is 1. The first kappa shape index (κ1) is 44.8. The molecule has 10 nitrogen and oxygen atoms in total. The first-order chi connectivity index (χ1) is 31.4. The second kappa shape index (κ2) is 19.5. The van der Waals surface area contributed by atoms with E-state index in [9.17, 15) is 30.0 Å². The van der Waals surface area contributed by atoms with Gasteiger partial charge in [-0.05, 0) is 148 Å². The lowest BCUT2D eigenvalue weighted by Gasteiger charge is -2.50. The van der Waals surface area contributed by atoms with Gasteiger partial charge in [-0.1, -0.05) is 84.9 Å². The Hall–Kier alpha value is -6.78. The van der Waals surface area contributed by atoms with E-state index in [1.165, 1.54) is 21.1 Å². The summed E-state index contributed by atoms with van der Waals surface area (Å²) in [4.78, 5) is 27.3. The van der Waals surface area contributed by atoms with Crippen LogP contribution in [0.3, 0.4) is 0 Å². The molecule has 2 aliphatic rings. The maximum Gasteiger partial charge on any atom is 0.310 e. The Labute approximate surface area is 379 Å². The second-order valence-corrected chi connectivity index (χ2v) is 17.6. The van der Waals surface area contributed by atoms with Gasteiger partial charge < -0.3 is 39.4 Å². The zero-order valence-electron chi connectivity index (χ0n) is 37.0. The normalized spacial score (nSPS) is 20.6. The summed E-state index contributed by atoms with van der Waals surface area (Å²) in [7, 11) is 3.03. The Morgan fingerprint density at radius 3 is 2.34 bits per heavy atom. The fourth-order valence-electron chi connectivity index (χ4n) is 10.2. The van der Waals surface area contributed by atoms with Gasteiger partial charge in [0.25, 0.3) is 0 Å². The van der Waals surface area contributed by atoms with Gasteiger partial charge in [-0.15, -0.1) is 0 Å². The minimum Gasteiger partial charge on any atom is -0.508 e. The topological polar surface area (TPSA) is 152 Å². The Bertz CT molecular complexity index is 2710. The third kappa shape index (κ3) is 10.1. The van der Waals surface area contributed by atoms with E-state index in [1.54, 1.807) is 24.3 Å². The summed E-state index contributed by atoms with van der Waals surface area (Å²) >= 11 is 0. The number of hydrogen-bond acceptors (Lipinski definition) is 10. The highest BCUT2D eigenvalue weighted by molar-refractivity contribution is 5.98. The van der Waals surface area contributed by atoms with Crippen molar-refractivity contribution in [2.24, 2.45) is 11.3 Å². The molecule has 4 N–H and O–H groups in total.